The van der Waals surface area contributed by atoms with Gasteiger partial charge >= 0.3 is 0 Å². The average molecular weight is 348 g/mol. The van der Waals surface area contributed by atoms with E-state index in [1.807, 2.05) is 31.2 Å². The van der Waals surface area contributed by atoms with Crippen LogP contribution < -0.4 is 0 Å². The smallest absolute Gasteiger partial charge is 0.197 e. The van der Waals surface area contributed by atoms with Crippen molar-refractivity contribution in [3.63, 3.8) is 0 Å². The van der Waals surface area contributed by atoms with E-state index in [0.717, 1.165) is 16.5 Å². The van der Waals surface area contributed by atoms with E-state index in [-0.39, 0.29) is 5.78 Å². The molecule has 0 saturated carbocycles. The Bertz CT molecular complexity index is 899. The first kappa shape index (κ1) is 15.2. The Hall–Kier alpha value is -1.68. The Morgan fingerprint density at radius 1 is 1.23 bits per heavy atom. The number of pyridine rings is 1. The first-order chi connectivity index (χ1) is 10.5. The molecule has 0 spiro atoms. The summed E-state index contributed by atoms with van der Waals surface area (Å²) in [7, 11) is 0. The highest BCUT2D eigenvalue weighted by atomic mass is 35.5. The fourth-order valence-electron chi connectivity index (χ4n) is 2.12. The van der Waals surface area contributed by atoms with E-state index in [9.17, 15) is 4.79 Å². The van der Waals surface area contributed by atoms with Crippen LogP contribution in [0.1, 0.15) is 20.8 Å². The molecule has 110 valence electrons. The standard InChI is InChI=1S/C17H11Cl2NOS/c1-10-2-4-14-12(8-10)9-11(17(19)20-14)3-5-15(21)16-13(18)6-7-22-16/h2-9H,1H3/b5-3+. The molecule has 0 saturated heterocycles. The zero-order chi connectivity index (χ0) is 15.7. The van der Waals surface area contributed by atoms with Crippen molar-refractivity contribution in [2.24, 2.45) is 0 Å². The molecule has 22 heavy (non-hydrogen) atoms. The number of thiophene rings is 1. The third kappa shape index (κ3) is 3.07. The molecule has 0 unspecified atom stereocenters. The van der Waals surface area contributed by atoms with Crippen molar-refractivity contribution >= 4 is 57.3 Å². The normalized spacial score (nSPS) is 11.4. The van der Waals surface area contributed by atoms with Crippen molar-refractivity contribution in [2.75, 3.05) is 0 Å². The summed E-state index contributed by atoms with van der Waals surface area (Å²) in [6.07, 6.45) is 3.15. The number of hydrogen-bond donors (Lipinski definition) is 0. The summed E-state index contributed by atoms with van der Waals surface area (Å²) in [5.41, 5.74) is 2.69. The van der Waals surface area contributed by atoms with Crippen molar-refractivity contribution in [2.45, 2.75) is 6.92 Å². The van der Waals surface area contributed by atoms with Crippen molar-refractivity contribution in [3.05, 3.63) is 68.0 Å². The summed E-state index contributed by atoms with van der Waals surface area (Å²) in [4.78, 5) is 17.0. The van der Waals surface area contributed by atoms with Crippen LogP contribution in [0.4, 0.5) is 0 Å². The number of hydrogen-bond acceptors (Lipinski definition) is 3. The third-order valence-corrected chi connectivity index (χ3v) is 4.86. The van der Waals surface area contributed by atoms with Crippen LogP contribution in [0.2, 0.25) is 10.2 Å². The van der Waals surface area contributed by atoms with Crippen molar-refractivity contribution < 1.29 is 4.79 Å². The second kappa shape index (κ2) is 6.21. The lowest BCUT2D eigenvalue weighted by Crippen LogP contribution is -1.91. The number of carbonyl (C=O) groups excluding carboxylic acids is 1. The molecule has 2 heterocycles. The van der Waals surface area contributed by atoms with Crippen LogP contribution in [-0.4, -0.2) is 10.8 Å². The molecule has 2 nitrogen and oxygen atoms in total. The first-order valence-electron chi connectivity index (χ1n) is 6.57. The van der Waals surface area contributed by atoms with Crippen LogP contribution in [0.25, 0.3) is 17.0 Å². The molecule has 0 N–H and O–H groups in total. The maximum Gasteiger partial charge on any atom is 0.197 e. The highest BCUT2D eigenvalue weighted by Crippen LogP contribution is 2.25. The fraction of sp³-hybridized carbons (Fsp3) is 0.0588. The highest BCUT2D eigenvalue weighted by molar-refractivity contribution is 7.13. The van der Waals surface area contributed by atoms with Gasteiger partial charge in [-0.25, -0.2) is 4.98 Å². The predicted molar refractivity (Wildman–Crippen MR) is 94.2 cm³/mol. The number of ketones is 1. The summed E-state index contributed by atoms with van der Waals surface area (Å²) >= 11 is 13.5. The number of halogens is 2. The molecule has 0 fully saturated rings. The zero-order valence-electron chi connectivity index (χ0n) is 11.6. The molecule has 2 aromatic heterocycles. The SMILES string of the molecule is Cc1ccc2nc(Cl)c(/C=C/C(=O)c3sccc3Cl)cc2c1. The number of aromatic nitrogens is 1. The van der Waals surface area contributed by atoms with Crippen molar-refractivity contribution in [1.82, 2.24) is 4.98 Å². The topological polar surface area (TPSA) is 30.0 Å². The molecular weight excluding hydrogens is 337 g/mol. The minimum absolute atomic E-state index is 0.139. The van der Waals surface area contributed by atoms with E-state index in [4.69, 9.17) is 23.2 Å². The summed E-state index contributed by atoms with van der Waals surface area (Å²) in [6, 6.07) is 9.59. The van der Waals surface area contributed by atoms with Gasteiger partial charge in [0, 0.05) is 10.9 Å². The van der Waals surface area contributed by atoms with Gasteiger partial charge in [0.25, 0.3) is 0 Å². The molecule has 0 aliphatic rings. The van der Waals surface area contributed by atoms with Crippen LogP contribution in [0.5, 0.6) is 0 Å². The van der Waals surface area contributed by atoms with Crippen LogP contribution in [0.15, 0.2) is 41.8 Å². The van der Waals surface area contributed by atoms with E-state index in [0.29, 0.717) is 20.6 Å². The van der Waals surface area contributed by atoms with Gasteiger partial charge in [0.1, 0.15) is 5.15 Å². The summed E-state index contributed by atoms with van der Waals surface area (Å²) in [6.45, 7) is 2.02. The molecule has 5 heteroatoms. The minimum atomic E-state index is -0.139. The Morgan fingerprint density at radius 2 is 2.05 bits per heavy atom. The summed E-state index contributed by atoms with van der Waals surface area (Å²) < 4.78 is 0. The van der Waals surface area contributed by atoms with Gasteiger partial charge in [0.2, 0.25) is 0 Å². The lowest BCUT2D eigenvalue weighted by atomic mass is 10.1. The molecule has 0 amide bonds. The van der Waals surface area contributed by atoms with E-state index >= 15 is 0 Å². The van der Waals surface area contributed by atoms with Gasteiger partial charge in [-0.1, -0.05) is 34.8 Å². The van der Waals surface area contributed by atoms with Crippen molar-refractivity contribution in [1.29, 1.82) is 0 Å². The number of rotatable bonds is 3. The fourth-order valence-corrected chi connectivity index (χ4v) is 3.39. The Balaban J connectivity index is 1.96. The Labute approximate surface area is 142 Å². The van der Waals surface area contributed by atoms with E-state index in [1.54, 1.807) is 17.5 Å². The molecule has 3 aromatic rings. The second-order valence-electron chi connectivity index (χ2n) is 4.86. The number of allylic oxidation sites excluding steroid dienone is 1. The van der Waals surface area contributed by atoms with Crippen LogP contribution in [0.3, 0.4) is 0 Å². The largest absolute Gasteiger partial charge is 0.288 e. The molecule has 3 rings (SSSR count). The van der Waals surface area contributed by atoms with Gasteiger partial charge in [0.05, 0.1) is 15.4 Å². The van der Waals surface area contributed by atoms with Crippen molar-refractivity contribution in [3.8, 4) is 0 Å². The lowest BCUT2D eigenvalue weighted by Gasteiger charge is -2.03. The van der Waals surface area contributed by atoms with Gasteiger partial charge in [-0.3, -0.25) is 4.79 Å². The summed E-state index contributed by atoms with van der Waals surface area (Å²) in [5.74, 6) is -0.139. The van der Waals surface area contributed by atoms with Gasteiger partial charge in [-0.15, -0.1) is 11.3 Å². The van der Waals surface area contributed by atoms with E-state index < -0.39 is 0 Å². The molecule has 0 bridgehead atoms. The van der Waals surface area contributed by atoms with Gasteiger partial charge in [-0.05, 0) is 48.7 Å². The van der Waals surface area contributed by atoms with E-state index in [1.165, 1.54) is 17.4 Å². The zero-order valence-corrected chi connectivity index (χ0v) is 14.0. The number of benzene rings is 1. The van der Waals surface area contributed by atoms with Gasteiger partial charge in [0.15, 0.2) is 5.78 Å². The molecular formula is C17H11Cl2NOS. The maximum atomic E-state index is 12.1. The van der Waals surface area contributed by atoms with Crippen LogP contribution in [-0.2, 0) is 0 Å². The van der Waals surface area contributed by atoms with Gasteiger partial charge < -0.3 is 0 Å². The number of fused-ring (bicyclic) bond motifs is 1. The summed E-state index contributed by atoms with van der Waals surface area (Å²) in [5, 5.41) is 3.62. The monoisotopic (exact) mass is 347 g/mol. The third-order valence-electron chi connectivity index (χ3n) is 3.21. The number of carbonyl (C=O) groups is 1. The first-order valence-corrected chi connectivity index (χ1v) is 8.20. The molecule has 0 aliphatic heterocycles. The quantitative estimate of drug-likeness (QED) is 0.340. The molecule has 1 aromatic carbocycles. The number of aryl methyl sites for hydroxylation is 1. The predicted octanol–water partition coefficient (Wildman–Crippen LogP) is 5.81. The lowest BCUT2D eigenvalue weighted by molar-refractivity contribution is 0.105. The van der Waals surface area contributed by atoms with Crippen LogP contribution >= 0.6 is 34.5 Å². The van der Waals surface area contributed by atoms with E-state index in [2.05, 4.69) is 4.98 Å². The molecule has 0 atom stereocenters. The highest BCUT2D eigenvalue weighted by Gasteiger charge is 2.09. The molecule has 0 radical (unpaired) electrons. The second-order valence-corrected chi connectivity index (χ2v) is 6.54. The van der Waals surface area contributed by atoms with Gasteiger partial charge in [-0.2, -0.15) is 0 Å². The Morgan fingerprint density at radius 3 is 2.77 bits per heavy atom. The maximum absolute atomic E-state index is 12.1. The molecule has 0 aliphatic carbocycles. The number of nitrogens with zero attached hydrogens (tertiary/aromatic N) is 1. The average Bonchev–Trinajstić information content (AvgIpc) is 2.91. The Kier molecular flexibility index (Phi) is 4.30. The minimum Gasteiger partial charge on any atom is -0.288 e. The van der Waals surface area contributed by atoms with Crippen LogP contribution in [0, 0.1) is 6.92 Å².